The monoisotopic (exact) mass is 733 g/mol. The number of hydrogen-bond acceptors (Lipinski definition) is 7. The van der Waals surface area contributed by atoms with E-state index in [9.17, 15) is 10.2 Å². The summed E-state index contributed by atoms with van der Waals surface area (Å²) in [5.74, 6) is 0.659. The zero-order valence-electron chi connectivity index (χ0n) is 33.0. The third kappa shape index (κ3) is 12.3. The number of ether oxygens (including phenoxy) is 2. The minimum atomic E-state index is -0.158. The maximum Gasteiger partial charge on any atom is 0.320 e. The molecule has 0 spiro atoms. The van der Waals surface area contributed by atoms with E-state index in [1.54, 1.807) is 0 Å². The molecule has 54 heavy (non-hydrogen) atoms. The SMILES string of the molecule is CCCCCCCCCCCCOc1cc(O)c(-c2nc(OCCCCCCCCCCCC)nc(-c3cc4ccccc4c4ccccc34)n2)c(O)c1. The second kappa shape index (κ2) is 22.7. The number of phenolic OH excluding ortho intramolecular Hbond substituents is 2. The van der Waals surface area contributed by atoms with Gasteiger partial charge in [0, 0.05) is 17.7 Å². The first kappa shape index (κ1) is 40.8. The molecule has 5 aromatic rings. The molecule has 2 N–H and O–H groups in total. The Hall–Kier alpha value is -4.39. The molecule has 4 aromatic carbocycles. The summed E-state index contributed by atoms with van der Waals surface area (Å²) >= 11 is 0. The number of aromatic hydroxyl groups is 2. The Morgan fingerprint density at radius 2 is 0.926 bits per heavy atom. The van der Waals surface area contributed by atoms with E-state index >= 15 is 0 Å². The fourth-order valence-electron chi connectivity index (χ4n) is 7.32. The lowest BCUT2D eigenvalue weighted by molar-refractivity contribution is 0.281. The van der Waals surface area contributed by atoms with Gasteiger partial charge in [0.15, 0.2) is 11.6 Å². The lowest BCUT2D eigenvalue weighted by Gasteiger charge is -2.14. The number of fused-ring (bicyclic) bond motifs is 3. The fraction of sp³-hybridized carbons (Fsp3) is 0.511. The van der Waals surface area contributed by atoms with E-state index in [4.69, 9.17) is 19.4 Å². The Kier molecular flexibility index (Phi) is 17.2. The Balaban J connectivity index is 1.28. The number of unbranched alkanes of at least 4 members (excludes halogenated alkanes) is 18. The molecular formula is C47H63N3O4. The van der Waals surface area contributed by atoms with Gasteiger partial charge in [-0.25, -0.2) is 4.98 Å². The molecule has 7 heteroatoms. The summed E-state index contributed by atoms with van der Waals surface area (Å²) in [5, 5.41) is 26.8. The highest BCUT2D eigenvalue weighted by atomic mass is 16.5. The van der Waals surface area contributed by atoms with Gasteiger partial charge in [0.05, 0.1) is 13.2 Å². The molecule has 0 fully saturated rings. The van der Waals surface area contributed by atoms with Crippen LogP contribution in [-0.4, -0.2) is 38.4 Å². The van der Waals surface area contributed by atoms with Gasteiger partial charge in [-0.1, -0.05) is 178 Å². The second-order valence-corrected chi connectivity index (χ2v) is 14.9. The summed E-state index contributed by atoms with van der Waals surface area (Å²) in [5.41, 5.74) is 0.950. The molecular weight excluding hydrogens is 671 g/mol. The minimum Gasteiger partial charge on any atom is -0.507 e. The first-order chi connectivity index (χ1) is 26.6. The molecule has 1 heterocycles. The van der Waals surface area contributed by atoms with Crippen LogP contribution in [-0.2, 0) is 0 Å². The summed E-state index contributed by atoms with van der Waals surface area (Å²) in [6.07, 6.45) is 24.8. The standard InChI is InChI=1S/C47H63N3O4/c1-3-5-7-9-11-13-15-17-19-25-31-53-37-34-42(51)44(43(52)35-37)46-48-45(41-33-36-27-21-22-28-38(36)39-29-23-24-30-40(39)41)49-47(50-46)54-32-26-20-18-16-14-12-10-8-6-4-2/h21-24,27-30,33-35,51-52H,3-20,25-26,31-32H2,1-2H3. The van der Waals surface area contributed by atoms with Crippen molar-refractivity contribution in [2.24, 2.45) is 0 Å². The van der Waals surface area contributed by atoms with E-state index < -0.39 is 0 Å². The van der Waals surface area contributed by atoms with Crippen molar-refractivity contribution in [3.8, 4) is 46.0 Å². The van der Waals surface area contributed by atoms with Crippen molar-refractivity contribution in [3.05, 3.63) is 66.7 Å². The van der Waals surface area contributed by atoms with Crippen molar-refractivity contribution >= 4 is 21.5 Å². The van der Waals surface area contributed by atoms with Gasteiger partial charge in [0.25, 0.3) is 0 Å². The molecule has 0 saturated carbocycles. The molecule has 0 amide bonds. The normalized spacial score (nSPS) is 11.4. The largest absolute Gasteiger partial charge is 0.507 e. The molecule has 1 aromatic heterocycles. The van der Waals surface area contributed by atoms with Gasteiger partial charge in [-0.05, 0) is 40.5 Å². The van der Waals surface area contributed by atoms with E-state index in [0.717, 1.165) is 52.8 Å². The van der Waals surface area contributed by atoms with Gasteiger partial charge in [0.2, 0.25) is 0 Å². The number of nitrogens with zero attached hydrogens (tertiary/aromatic N) is 3. The van der Waals surface area contributed by atoms with Crippen LogP contribution in [0.25, 0.3) is 44.3 Å². The quantitative estimate of drug-likeness (QED) is 0.0431. The summed E-state index contributed by atoms with van der Waals surface area (Å²) in [7, 11) is 0. The average molecular weight is 734 g/mol. The lowest BCUT2D eigenvalue weighted by atomic mass is 9.97. The summed E-state index contributed by atoms with van der Waals surface area (Å²) in [6.45, 7) is 5.51. The molecule has 0 aliphatic heterocycles. The van der Waals surface area contributed by atoms with Crippen molar-refractivity contribution in [1.82, 2.24) is 15.0 Å². The number of benzene rings is 4. The van der Waals surface area contributed by atoms with Crippen LogP contribution >= 0.6 is 0 Å². The molecule has 5 rings (SSSR count). The lowest BCUT2D eigenvalue weighted by Crippen LogP contribution is -2.06. The van der Waals surface area contributed by atoms with Gasteiger partial charge < -0.3 is 19.7 Å². The zero-order chi connectivity index (χ0) is 37.8. The van der Waals surface area contributed by atoms with Crippen molar-refractivity contribution in [2.75, 3.05) is 13.2 Å². The van der Waals surface area contributed by atoms with Gasteiger partial charge in [-0.15, -0.1) is 0 Å². The van der Waals surface area contributed by atoms with Gasteiger partial charge in [-0.2, -0.15) is 9.97 Å². The number of hydrogen-bond donors (Lipinski definition) is 2. The third-order valence-electron chi connectivity index (χ3n) is 10.4. The topological polar surface area (TPSA) is 97.6 Å². The van der Waals surface area contributed by atoms with Crippen LogP contribution in [0.2, 0.25) is 0 Å². The Bertz CT molecular complexity index is 1840. The molecule has 0 radical (unpaired) electrons. The predicted octanol–water partition coefficient (Wildman–Crippen LogP) is 13.5. The summed E-state index contributed by atoms with van der Waals surface area (Å²) in [4.78, 5) is 14.3. The summed E-state index contributed by atoms with van der Waals surface area (Å²) < 4.78 is 12.1. The van der Waals surface area contributed by atoms with Gasteiger partial charge in [0.1, 0.15) is 22.8 Å². The molecule has 0 aliphatic carbocycles. The average Bonchev–Trinajstić information content (AvgIpc) is 3.18. The van der Waals surface area contributed by atoms with Crippen LogP contribution in [0.5, 0.6) is 23.3 Å². The predicted molar refractivity (Wildman–Crippen MR) is 224 cm³/mol. The van der Waals surface area contributed by atoms with Gasteiger partial charge >= 0.3 is 6.01 Å². The minimum absolute atomic E-state index is 0.124. The first-order valence-corrected chi connectivity index (χ1v) is 21.1. The number of rotatable bonds is 26. The van der Waals surface area contributed by atoms with Crippen LogP contribution < -0.4 is 9.47 Å². The Morgan fingerprint density at radius 3 is 1.50 bits per heavy atom. The van der Waals surface area contributed by atoms with E-state index in [1.807, 2.05) is 24.3 Å². The molecule has 7 nitrogen and oxygen atoms in total. The maximum atomic E-state index is 11.3. The fourth-order valence-corrected chi connectivity index (χ4v) is 7.32. The smallest absolute Gasteiger partial charge is 0.320 e. The van der Waals surface area contributed by atoms with E-state index in [1.165, 1.54) is 115 Å². The van der Waals surface area contributed by atoms with Crippen molar-refractivity contribution < 1.29 is 19.7 Å². The van der Waals surface area contributed by atoms with Crippen molar-refractivity contribution in [2.45, 2.75) is 142 Å². The number of aromatic nitrogens is 3. The van der Waals surface area contributed by atoms with Crippen LogP contribution in [0.4, 0.5) is 0 Å². The Morgan fingerprint density at radius 1 is 0.463 bits per heavy atom. The molecule has 0 unspecified atom stereocenters. The molecule has 0 bridgehead atoms. The van der Waals surface area contributed by atoms with Crippen molar-refractivity contribution in [1.29, 1.82) is 0 Å². The van der Waals surface area contributed by atoms with E-state index in [0.29, 0.717) is 24.8 Å². The van der Waals surface area contributed by atoms with E-state index in [2.05, 4.69) is 49.2 Å². The number of phenols is 2. The zero-order valence-corrected chi connectivity index (χ0v) is 33.0. The maximum absolute atomic E-state index is 11.3. The van der Waals surface area contributed by atoms with Crippen molar-refractivity contribution in [3.63, 3.8) is 0 Å². The highest BCUT2D eigenvalue weighted by Gasteiger charge is 2.21. The van der Waals surface area contributed by atoms with Crippen LogP contribution in [0, 0.1) is 0 Å². The van der Waals surface area contributed by atoms with Crippen LogP contribution in [0.1, 0.15) is 142 Å². The van der Waals surface area contributed by atoms with Crippen LogP contribution in [0.3, 0.4) is 0 Å². The molecule has 290 valence electrons. The highest BCUT2D eigenvalue weighted by molar-refractivity contribution is 6.13. The highest BCUT2D eigenvalue weighted by Crippen LogP contribution is 2.41. The molecule has 0 saturated heterocycles. The van der Waals surface area contributed by atoms with E-state index in [-0.39, 0.29) is 28.9 Å². The molecule has 0 atom stereocenters. The Labute approximate surface area is 323 Å². The molecule has 0 aliphatic rings. The van der Waals surface area contributed by atoms with Crippen LogP contribution in [0.15, 0.2) is 66.7 Å². The third-order valence-corrected chi connectivity index (χ3v) is 10.4. The second-order valence-electron chi connectivity index (χ2n) is 14.9. The first-order valence-electron chi connectivity index (χ1n) is 21.1. The van der Waals surface area contributed by atoms with Gasteiger partial charge in [-0.3, -0.25) is 0 Å². The summed E-state index contributed by atoms with van der Waals surface area (Å²) in [6, 6.07) is 21.8.